The van der Waals surface area contributed by atoms with E-state index in [1.54, 1.807) is 7.05 Å². The Kier molecular flexibility index (Phi) is 2.82. The maximum atomic E-state index is 12.0. The molecule has 0 aliphatic carbocycles. The number of H-pyrrole nitrogens is 1. The molecule has 0 spiro atoms. The molecular formula is C10H10N4OS. The van der Waals surface area contributed by atoms with Crippen molar-refractivity contribution in [3.8, 4) is 11.3 Å². The highest BCUT2D eigenvalue weighted by Crippen LogP contribution is 2.10. The van der Waals surface area contributed by atoms with Crippen molar-refractivity contribution in [2.24, 2.45) is 0 Å². The Labute approximate surface area is 96.7 Å². The summed E-state index contributed by atoms with van der Waals surface area (Å²) in [7, 11) is 1.62. The first-order valence-corrected chi connectivity index (χ1v) is 5.10. The third kappa shape index (κ3) is 1.74. The van der Waals surface area contributed by atoms with E-state index in [0.717, 1.165) is 5.56 Å². The fraction of sp³-hybridized carbons (Fsp3) is 0.100. The fourth-order valence-electron chi connectivity index (χ4n) is 1.39. The molecule has 0 atom stereocenters. The summed E-state index contributed by atoms with van der Waals surface area (Å²) < 4.78 is 1.48. The quantitative estimate of drug-likeness (QED) is 0.765. The molecule has 82 valence electrons. The van der Waals surface area contributed by atoms with Crippen molar-refractivity contribution < 1.29 is 0 Å². The number of hydrogen-bond acceptors (Lipinski definition) is 4. The van der Waals surface area contributed by atoms with Crippen LogP contribution in [0, 0.1) is 4.77 Å². The van der Waals surface area contributed by atoms with Crippen LogP contribution < -0.4 is 11.0 Å². The number of nitrogens with zero attached hydrogens (tertiary/aromatic N) is 2. The third-order valence-electron chi connectivity index (χ3n) is 2.14. The molecule has 2 rings (SSSR count). The molecular weight excluding hydrogens is 224 g/mol. The van der Waals surface area contributed by atoms with Crippen LogP contribution in [0.25, 0.3) is 11.3 Å². The van der Waals surface area contributed by atoms with E-state index >= 15 is 0 Å². The second kappa shape index (κ2) is 4.28. The molecule has 16 heavy (non-hydrogen) atoms. The zero-order valence-electron chi connectivity index (χ0n) is 8.60. The zero-order valence-corrected chi connectivity index (χ0v) is 9.41. The molecule has 1 heterocycles. The Hall–Kier alpha value is -1.95. The first kappa shape index (κ1) is 10.6. The number of nitrogens with one attached hydrogen (secondary N) is 2. The molecule has 0 saturated carbocycles. The second-order valence-electron chi connectivity index (χ2n) is 3.11. The van der Waals surface area contributed by atoms with Gasteiger partial charge in [-0.25, -0.2) is 0 Å². The van der Waals surface area contributed by atoms with Gasteiger partial charge in [-0.2, -0.15) is 9.77 Å². The molecule has 0 saturated heterocycles. The van der Waals surface area contributed by atoms with Crippen molar-refractivity contribution in [2.45, 2.75) is 0 Å². The van der Waals surface area contributed by atoms with Crippen molar-refractivity contribution in [2.75, 3.05) is 12.5 Å². The zero-order chi connectivity index (χ0) is 11.5. The van der Waals surface area contributed by atoms with Gasteiger partial charge in [0.05, 0.1) is 0 Å². The average molecular weight is 234 g/mol. The number of benzene rings is 1. The summed E-state index contributed by atoms with van der Waals surface area (Å²) in [5.41, 5.74) is 3.53. The van der Waals surface area contributed by atoms with E-state index in [9.17, 15) is 4.79 Å². The number of rotatable bonds is 2. The summed E-state index contributed by atoms with van der Waals surface area (Å²) in [6.07, 6.45) is 0. The van der Waals surface area contributed by atoms with E-state index in [1.807, 2.05) is 30.3 Å². The molecule has 0 bridgehead atoms. The van der Waals surface area contributed by atoms with Crippen molar-refractivity contribution in [3.05, 3.63) is 45.5 Å². The lowest BCUT2D eigenvalue weighted by Gasteiger charge is -2.05. The van der Waals surface area contributed by atoms with Gasteiger partial charge in [0, 0.05) is 12.6 Å². The highest BCUT2D eigenvalue weighted by atomic mass is 32.1. The largest absolute Gasteiger partial charge is 0.324 e. The van der Waals surface area contributed by atoms with Crippen molar-refractivity contribution in [1.29, 1.82) is 0 Å². The third-order valence-corrected chi connectivity index (χ3v) is 2.42. The summed E-state index contributed by atoms with van der Waals surface area (Å²) in [6.45, 7) is 0. The van der Waals surface area contributed by atoms with Crippen molar-refractivity contribution >= 4 is 12.2 Å². The molecule has 0 amide bonds. The Morgan fingerprint density at radius 3 is 2.69 bits per heavy atom. The van der Waals surface area contributed by atoms with E-state index in [1.165, 1.54) is 4.68 Å². The number of hydrogen-bond donors (Lipinski definition) is 2. The normalized spacial score (nSPS) is 10.1. The second-order valence-corrected chi connectivity index (χ2v) is 3.49. The topological polar surface area (TPSA) is 62.7 Å². The minimum absolute atomic E-state index is 0.243. The van der Waals surface area contributed by atoms with Crippen LogP contribution in [0.15, 0.2) is 35.1 Å². The van der Waals surface area contributed by atoms with Crippen LogP contribution in [-0.4, -0.2) is 21.9 Å². The van der Waals surface area contributed by atoms with Crippen LogP contribution in [0.4, 0.5) is 0 Å². The van der Waals surface area contributed by atoms with Gasteiger partial charge < -0.3 is 5.43 Å². The highest BCUT2D eigenvalue weighted by Gasteiger charge is 2.07. The molecule has 2 aromatic rings. The van der Waals surface area contributed by atoms with Gasteiger partial charge in [-0.1, -0.05) is 30.3 Å². The van der Waals surface area contributed by atoms with Crippen LogP contribution in [0.2, 0.25) is 0 Å². The summed E-state index contributed by atoms with van der Waals surface area (Å²) in [4.78, 5) is 12.0. The van der Waals surface area contributed by atoms with Gasteiger partial charge in [0.25, 0.3) is 5.56 Å². The molecule has 5 nitrogen and oxygen atoms in total. The maximum absolute atomic E-state index is 12.0. The van der Waals surface area contributed by atoms with Gasteiger partial charge in [-0.3, -0.25) is 9.89 Å². The molecule has 1 aromatic carbocycles. The monoisotopic (exact) mass is 234 g/mol. The number of aromatic nitrogens is 3. The first-order chi connectivity index (χ1) is 7.74. The Morgan fingerprint density at radius 1 is 1.38 bits per heavy atom. The van der Waals surface area contributed by atoms with Crippen molar-refractivity contribution in [3.63, 3.8) is 0 Å². The Balaban J connectivity index is 2.69. The van der Waals surface area contributed by atoms with Gasteiger partial charge in [-0.15, -0.1) is 0 Å². The van der Waals surface area contributed by atoms with Gasteiger partial charge >= 0.3 is 0 Å². The average Bonchev–Trinajstić information content (AvgIpc) is 2.31. The predicted octanol–water partition coefficient (Wildman–Crippen LogP) is 1.14. The lowest BCUT2D eigenvalue weighted by Crippen LogP contribution is -2.30. The van der Waals surface area contributed by atoms with Crippen LogP contribution in [0.3, 0.4) is 0 Å². The molecule has 0 aliphatic heterocycles. The molecule has 0 radical (unpaired) electrons. The molecule has 1 aromatic heterocycles. The lowest BCUT2D eigenvalue weighted by molar-refractivity contribution is 0.772. The Bertz CT molecular complexity index is 602. The standard InChI is InChI=1S/C10H10N4OS/c1-11-14-9(15)8(12-13-10(14)16)7-5-3-2-4-6-7/h2-6,11H,1H3,(H,13,16). The Morgan fingerprint density at radius 2 is 2.06 bits per heavy atom. The highest BCUT2D eigenvalue weighted by molar-refractivity contribution is 7.71. The van der Waals surface area contributed by atoms with Crippen LogP contribution >= 0.6 is 12.2 Å². The maximum Gasteiger partial charge on any atom is 0.299 e. The van der Waals surface area contributed by atoms with E-state index in [2.05, 4.69) is 15.6 Å². The SMILES string of the molecule is CNn1c(=S)[nH]nc(-c2ccccc2)c1=O. The van der Waals surface area contributed by atoms with Crippen LogP contribution in [0.1, 0.15) is 0 Å². The van der Waals surface area contributed by atoms with Crippen LogP contribution in [-0.2, 0) is 0 Å². The summed E-state index contributed by atoms with van der Waals surface area (Å²) >= 11 is 4.93. The molecule has 6 heteroatoms. The molecule has 0 fully saturated rings. The van der Waals surface area contributed by atoms with E-state index < -0.39 is 0 Å². The van der Waals surface area contributed by atoms with Crippen molar-refractivity contribution in [1.82, 2.24) is 14.9 Å². The van der Waals surface area contributed by atoms with Gasteiger partial charge in [-0.05, 0) is 12.2 Å². The smallest absolute Gasteiger partial charge is 0.299 e. The summed E-state index contributed by atoms with van der Waals surface area (Å²) in [5, 5.41) is 6.58. The van der Waals surface area contributed by atoms with E-state index in [0.29, 0.717) is 5.69 Å². The molecule has 0 unspecified atom stereocenters. The van der Waals surface area contributed by atoms with Crippen LogP contribution in [0.5, 0.6) is 0 Å². The minimum atomic E-state index is -0.266. The summed E-state index contributed by atoms with van der Waals surface area (Å²) in [6, 6.07) is 9.22. The number of aromatic amines is 1. The molecule has 2 N–H and O–H groups in total. The molecule has 0 aliphatic rings. The fourth-order valence-corrected chi connectivity index (χ4v) is 1.61. The minimum Gasteiger partial charge on any atom is -0.324 e. The first-order valence-electron chi connectivity index (χ1n) is 4.69. The lowest BCUT2D eigenvalue weighted by atomic mass is 10.2. The van der Waals surface area contributed by atoms with E-state index in [-0.39, 0.29) is 10.3 Å². The summed E-state index contributed by atoms with van der Waals surface area (Å²) in [5.74, 6) is 0. The van der Waals surface area contributed by atoms with E-state index in [4.69, 9.17) is 12.2 Å². The van der Waals surface area contributed by atoms with Gasteiger partial charge in [0.15, 0.2) is 5.69 Å². The van der Waals surface area contributed by atoms with Gasteiger partial charge in [0.1, 0.15) is 0 Å². The predicted molar refractivity (Wildman–Crippen MR) is 64.4 cm³/mol. The van der Waals surface area contributed by atoms with Gasteiger partial charge in [0.2, 0.25) is 4.77 Å².